The zero-order valence-electron chi connectivity index (χ0n) is 10.0. The van der Waals surface area contributed by atoms with Crippen LogP contribution in [-0.4, -0.2) is 13.1 Å². The van der Waals surface area contributed by atoms with E-state index in [0.717, 1.165) is 0 Å². The topological polar surface area (TPSA) is 26.3 Å². The van der Waals surface area contributed by atoms with Crippen molar-refractivity contribution in [2.45, 2.75) is 13.3 Å². The molecule has 0 amide bonds. The molecule has 0 heterocycles. The average molecular weight is 232 g/mol. The van der Waals surface area contributed by atoms with Crippen LogP contribution in [0.1, 0.15) is 13.3 Å². The van der Waals surface area contributed by atoms with E-state index in [9.17, 15) is 4.79 Å². The zero-order valence-corrected chi connectivity index (χ0v) is 10.0. The van der Waals surface area contributed by atoms with Crippen molar-refractivity contribution in [3.63, 3.8) is 0 Å². The van der Waals surface area contributed by atoms with Gasteiger partial charge < -0.3 is 4.74 Å². The van der Waals surface area contributed by atoms with Crippen LogP contribution in [0, 0.1) is 71.0 Å². The van der Waals surface area contributed by atoms with Gasteiger partial charge in [0, 0.05) is 0 Å². The molecule has 2 nitrogen and oxygen atoms in total. The predicted molar refractivity (Wildman–Crippen MR) is 69.0 cm³/mol. The van der Waals surface area contributed by atoms with E-state index in [-0.39, 0.29) is 6.42 Å². The van der Waals surface area contributed by atoms with Crippen LogP contribution in [0.3, 0.4) is 0 Å². The monoisotopic (exact) mass is 232 g/mol. The van der Waals surface area contributed by atoms with E-state index in [0.29, 0.717) is 0 Å². The molecule has 0 saturated carbocycles. The fraction of sp³-hybridized carbons (Fsp3) is 0.188. The SMILES string of the molecule is CC#CC#CC#CC#CC#CC#CCC(=O)OC. The van der Waals surface area contributed by atoms with Gasteiger partial charge in [-0.15, -0.1) is 0 Å². The minimum atomic E-state index is -0.394. The second-order valence-electron chi connectivity index (χ2n) is 2.43. The van der Waals surface area contributed by atoms with Crippen LogP contribution in [0.4, 0.5) is 0 Å². The zero-order chi connectivity index (χ0) is 13.5. The van der Waals surface area contributed by atoms with E-state index in [4.69, 9.17) is 0 Å². The number of rotatable bonds is 1. The average Bonchev–Trinajstić information content (AvgIpc) is 2.39. The van der Waals surface area contributed by atoms with Crippen LogP contribution < -0.4 is 0 Å². The second kappa shape index (κ2) is 11.9. The summed E-state index contributed by atoms with van der Waals surface area (Å²) in [5.41, 5.74) is 0. The van der Waals surface area contributed by atoms with Gasteiger partial charge in [-0.3, -0.25) is 4.79 Å². The summed E-state index contributed by atoms with van der Waals surface area (Å²) in [4.78, 5) is 10.7. The van der Waals surface area contributed by atoms with Gasteiger partial charge in [0.1, 0.15) is 6.42 Å². The first kappa shape index (κ1) is 14.8. The van der Waals surface area contributed by atoms with Crippen LogP contribution in [0.5, 0.6) is 0 Å². The molecule has 0 aromatic heterocycles. The van der Waals surface area contributed by atoms with Crippen LogP contribution in [0.25, 0.3) is 0 Å². The molecule has 0 atom stereocenters. The van der Waals surface area contributed by atoms with Crippen LogP contribution >= 0.6 is 0 Å². The minimum absolute atomic E-state index is 0.0203. The summed E-state index contributed by atoms with van der Waals surface area (Å²) in [5.74, 6) is 29.6. The van der Waals surface area contributed by atoms with E-state index in [1.165, 1.54) is 7.11 Å². The first-order chi connectivity index (χ1) is 8.81. The third-order valence-electron chi connectivity index (χ3n) is 1.24. The van der Waals surface area contributed by atoms with Crippen molar-refractivity contribution >= 4 is 5.97 Å². The lowest BCUT2D eigenvalue weighted by Gasteiger charge is -1.87. The lowest BCUT2D eigenvalue weighted by atomic mass is 10.4. The van der Waals surface area contributed by atoms with Crippen molar-refractivity contribution in [3.8, 4) is 71.0 Å². The van der Waals surface area contributed by atoms with Gasteiger partial charge in [0.05, 0.1) is 7.11 Å². The molecular weight excluding hydrogens is 224 g/mol. The largest absolute Gasteiger partial charge is 0.468 e. The molecule has 0 aliphatic carbocycles. The van der Waals surface area contributed by atoms with Gasteiger partial charge in [-0.05, 0) is 66.1 Å². The minimum Gasteiger partial charge on any atom is -0.468 e. The fourth-order valence-corrected chi connectivity index (χ4v) is 0.545. The first-order valence-electron chi connectivity index (χ1n) is 4.77. The van der Waals surface area contributed by atoms with Crippen molar-refractivity contribution in [2.24, 2.45) is 0 Å². The number of carbonyl (C=O) groups is 1. The summed E-state index contributed by atoms with van der Waals surface area (Å²) >= 11 is 0. The Kier molecular flexibility index (Phi) is 9.81. The number of methoxy groups -OCH3 is 1. The summed E-state index contributed by atoms with van der Waals surface area (Å²) in [5, 5.41) is 0. The lowest BCUT2D eigenvalue weighted by Crippen LogP contribution is -1.96. The van der Waals surface area contributed by atoms with Crippen LogP contribution in [0.15, 0.2) is 0 Å². The van der Waals surface area contributed by atoms with E-state index >= 15 is 0 Å². The number of carbonyl (C=O) groups excluding carboxylic acids is 1. The van der Waals surface area contributed by atoms with Crippen LogP contribution in [-0.2, 0) is 9.53 Å². The van der Waals surface area contributed by atoms with Crippen LogP contribution in [0.2, 0.25) is 0 Å². The summed E-state index contributed by atoms with van der Waals surface area (Å²) in [7, 11) is 1.30. The molecular formula is C16H8O2. The molecule has 0 aromatic carbocycles. The molecule has 0 aliphatic heterocycles. The first-order valence-corrected chi connectivity index (χ1v) is 4.77. The Labute approximate surface area is 107 Å². The Morgan fingerprint density at radius 1 is 0.833 bits per heavy atom. The van der Waals surface area contributed by atoms with E-state index in [2.05, 4.69) is 75.8 Å². The Balaban J connectivity index is 4.16. The van der Waals surface area contributed by atoms with Crippen molar-refractivity contribution in [1.29, 1.82) is 0 Å². The van der Waals surface area contributed by atoms with Gasteiger partial charge in [-0.25, -0.2) is 0 Å². The normalized spacial score (nSPS) is 5.22. The predicted octanol–water partition coefficient (Wildman–Crippen LogP) is 0.590. The molecule has 0 unspecified atom stereocenters. The van der Waals surface area contributed by atoms with Crippen molar-refractivity contribution in [3.05, 3.63) is 0 Å². The van der Waals surface area contributed by atoms with Gasteiger partial charge >= 0.3 is 5.97 Å². The molecule has 0 rings (SSSR count). The fourth-order valence-electron chi connectivity index (χ4n) is 0.545. The number of ether oxygens (including phenoxy) is 1. The third kappa shape index (κ3) is 10.9. The molecule has 0 spiro atoms. The molecule has 18 heavy (non-hydrogen) atoms. The van der Waals surface area contributed by atoms with Gasteiger partial charge in [0.25, 0.3) is 0 Å². The summed E-state index contributed by atoms with van der Waals surface area (Å²) in [6.07, 6.45) is 0.0203. The van der Waals surface area contributed by atoms with Crippen molar-refractivity contribution in [2.75, 3.05) is 7.11 Å². The highest BCUT2D eigenvalue weighted by Crippen LogP contribution is 1.78. The smallest absolute Gasteiger partial charge is 0.317 e. The second-order valence-corrected chi connectivity index (χ2v) is 2.43. The molecule has 0 saturated heterocycles. The van der Waals surface area contributed by atoms with E-state index < -0.39 is 5.97 Å². The molecule has 84 valence electrons. The van der Waals surface area contributed by atoms with Gasteiger partial charge in [-0.2, -0.15) is 0 Å². The Morgan fingerprint density at radius 2 is 1.28 bits per heavy atom. The molecule has 0 bridgehead atoms. The molecule has 0 aliphatic rings. The highest BCUT2D eigenvalue weighted by molar-refractivity contribution is 5.72. The highest BCUT2D eigenvalue weighted by atomic mass is 16.5. The molecule has 0 radical (unpaired) electrons. The van der Waals surface area contributed by atoms with E-state index in [1.807, 2.05) is 0 Å². The molecule has 2 heteroatoms. The Morgan fingerprint density at radius 3 is 1.72 bits per heavy atom. The molecule has 0 N–H and O–H groups in total. The standard InChI is InChI=1S/C16H8O2/c1-3-4-5-6-7-8-9-10-11-12-13-14-15-16(17)18-2/h15H2,1-2H3. The Bertz CT molecular complexity index is 658. The molecule has 0 aromatic rings. The number of hydrogen-bond acceptors (Lipinski definition) is 2. The maximum atomic E-state index is 10.7. The number of hydrogen-bond donors (Lipinski definition) is 0. The van der Waals surface area contributed by atoms with Gasteiger partial charge in [0.15, 0.2) is 0 Å². The van der Waals surface area contributed by atoms with Crippen molar-refractivity contribution < 1.29 is 9.53 Å². The van der Waals surface area contributed by atoms with Crippen molar-refractivity contribution in [1.82, 2.24) is 0 Å². The lowest BCUT2D eigenvalue weighted by molar-refractivity contribution is -0.139. The summed E-state index contributed by atoms with van der Waals surface area (Å²) in [6, 6.07) is 0. The third-order valence-corrected chi connectivity index (χ3v) is 1.24. The van der Waals surface area contributed by atoms with Gasteiger partial charge in [0.2, 0.25) is 0 Å². The maximum absolute atomic E-state index is 10.7. The van der Waals surface area contributed by atoms with Gasteiger partial charge in [-0.1, -0.05) is 11.8 Å². The summed E-state index contributed by atoms with van der Waals surface area (Å²) < 4.78 is 4.39. The highest BCUT2D eigenvalue weighted by Gasteiger charge is 1.91. The molecule has 0 fully saturated rings. The maximum Gasteiger partial charge on any atom is 0.317 e. The summed E-state index contributed by atoms with van der Waals surface area (Å²) in [6.45, 7) is 1.69. The quantitative estimate of drug-likeness (QED) is 0.488. The number of esters is 1. The Hall–Kier alpha value is -3.17. The van der Waals surface area contributed by atoms with E-state index in [1.54, 1.807) is 6.92 Å².